The first-order valence-electron chi connectivity index (χ1n) is 13.4. The Kier molecular flexibility index (Phi) is 5.72. The van der Waals surface area contributed by atoms with Gasteiger partial charge in [0.15, 0.2) is 5.78 Å². The third-order valence-corrected chi connectivity index (χ3v) is 9.68. The molecule has 182 valence electrons. The minimum Gasteiger partial charge on any atom is -0.393 e. The molecule has 0 bridgehead atoms. The van der Waals surface area contributed by atoms with Crippen molar-refractivity contribution in [2.75, 3.05) is 11.9 Å². The van der Waals surface area contributed by atoms with Crippen LogP contribution in [0, 0.1) is 17.3 Å². The van der Waals surface area contributed by atoms with Gasteiger partial charge in [0.25, 0.3) is 0 Å². The van der Waals surface area contributed by atoms with Gasteiger partial charge in [0.1, 0.15) is 0 Å². The number of carbonyl (C=O) groups is 1. The number of ketones is 1. The molecule has 0 saturated heterocycles. The molecule has 35 heavy (non-hydrogen) atoms. The van der Waals surface area contributed by atoms with Crippen LogP contribution < -0.4 is 4.90 Å². The molecule has 4 aliphatic rings. The highest BCUT2D eigenvalue weighted by molar-refractivity contribution is 5.93. The standard InChI is InChI=1S/C32H37NO2/c1-32-19-28(22-8-11-24(12-9-22)33(2)20-21-6-4-3-5-7-21)31-26-15-13-25(34)18-23(26)10-14-27(31)29(32)16-17-30(32)35/h3-9,11-12,18,27-30,35H,10,13-17,19-20H2,1-2H3. The van der Waals surface area contributed by atoms with E-state index >= 15 is 0 Å². The minimum atomic E-state index is -0.206. The molecule has 0 radical (unpaired) electrons. The van der Waals surface area contributed by atoms with Gasteiger partial charge in [-0.1, -0.05) is 55.0 Å². The largest absolute Gasteiger partial charge is 0.393 e. The summed E-state index contributed by atoms with van der Waals surface area (Å²) in [5.41, 5.74) is 8.28. The van der Waals surface area contributed by atoms with Crippen molar-refractivity contribution < 1.29 is 9.90 Å². The number of nitrogens with zero attached hydrogens (tertiary/aromatic N) is 1. The topological polar surface area (TPSA) is 40.5 Å². The van der Waals surface area contributed by atoms with E-state index in [9.17, 15) is 9.90 Å². The van der Waals surface area contributed by atoms with E-state index in [0.717, 1.165) is 45.1 Å². The quantitative estimate of drug-likeness (QED) is 0.552. The lowest BCUT2D eigenvalue weighted by Crippen LogP contribution is -2.45. The molecule has 0 spiro atoms. The highest BCUT2D eigenvalue weighted by Crippen LogP contribution is 2.63. The number of rotatable bonds is 4. The number of carbonyl (C=O) groups excluding carboxylic acids is 1. The number of fused-ring (bicyclic) bond motifs is 4. The van der Waals surface area contributed by atoms with Crippen molar-refractivity contribution in [3.05, 3.63) is 88.5 Å². The SMILES string of the molecule is CN(Cc1ccccc1)c1ccc(C2CC3(C)C(O)CCC3C3CCC4=CC(=O)CCC4=C23)cc1. The zero-order chi connectivity index (χ0) is 24.2. The highest BCUT2D eigenvalue weighted by atomic mass is 16.3. The summed E-state index contributed by atoms with van der Waals surface area (Å²) in [6, 6.07) is 19.8. The van der Waals surface area contributed by atoms with Gasteiger partial charge >= 0.3 is 0 Å². The molecule has 1 N–H and O–H groups in total. The van der Waals surface area contributed by atoms with Crippen molar-refractivity contribution in [1.82, 2.24) is 0 Å². The number of aliphatic hydroxyl groups is 1. The fourth-order valence-electron chi connectivity index (χ4n) is 7.84. The summed E-state index contributed by atoms with van der Waals surface area (Å²) in [6.45, 7) is 3.23. The average molecular weight is 468 g/mol. The van der Waals surface area contributed by atoms with Crippen molar-refractivity contribution in [1.29, 1.82) is 0 Å². The van der Waals surface area contributed by atoms with E-state index < -0.39 is 0 Å². The number of hydrogen-bond acceptors (Lipinski definition) is 3. The van der Waals surface area contributed by atoms with Gasteiger partial charge < -0.3 is 10.0 Å². The fourth-order valence-corrected chi connectivity index (χ4v) is 7.84. The van der Waals surface area contributed by atoms with Crippen LogP contribution in [0.15, 0.2) is 77.4 Å². The maximum absolute atomic E-state index is 12.2. The maximum atomic E-state index is 12.2. The number of anilines is 1. The first-order chi connectivity index (χ1) is 16.9. The Labute approximate surface area is 209 Å². The predicted octanol–water partition coefficient (Wildman–Crippen LogP) is 6.58. The van der Waals surface area contributed by atoms with Gasteiger partial charge in [0.2, 0.25) is 0 Å². The highest BCUT2D eigenvalue weighted by Gasteiger charge is 2.56. The van der Waals surface area contributed by atoms with Crippen LogP contribution in [-0.4, -0.2) is 24.0 Å². The monoisotopic (exact) mass is 467 g/mol. The second kappa shape index (κ2) is 8.78. The zero-order valence-electron chi connectivity index (χ0n) is 21.0. The summed E-state index contributed by atoms with van der Waals surface area (Å²) in [6.07, 6.45) is 8.50. The molecule has 5 atom stereocenters. The molecule has 2 fully saturated rings. The lowest BCUT2D eigenvalue weighted by Gasteiger charge is -2.52. The van der Waals surface area contributed by atoms with Crippen LogP contribution in [0.4, 0.5) is 5.69 Å². The van der Waals surface area contributed by atoms with E-state index in [2.05, 4.69) is 73.5 Å². The number of hydrogen-bond donors (Lipinski definition) is 1. The van der Waals surface area contributed by atoms with Crippen molar-refractivity contribution in [3.8, 4) is 0 Å². The maximum Gasteiger partial charge on any atom is 0.156 e. The van der Waals surface area contributed by atoms with Crippen LogP contribution in [-0.2, 0) is 11.3 Å². The summed E-state index contributed by atoms with van der Waals surface area (Å²) in [4.78, 5) is 14.5. The van der Waals surface area contributed by atoms with Crippen molar-refractivity contribution in [3.63, 3.8) is 0 Å². The molecule has 0 aromatic heterocycles. The Morgan fingerprint density at radius 3 is 2.51 bits per heavy atom. The third kappa shape index (κ3) is 3.89. The second-order valence-corrected chi connectivity index (χ2v) is 11.6. The zero-order valence-corrected chi connectivity index (χ0v) is 21.0. The van der Waals surface area contributed by atoms with Crippen LogP contribution in [0.3, 0.4) is 0 Å². The van der Waals surface area contributed by atoms with E-state index in [4.69, 9.17) is 0 Å². The molecule has 2 saturated carbocycles. The van der Waals surface area contributed by atoms with E-state index in [-0.39, 0.29) is 11.5 Å². The second-order valence-electron chi connectivity index (χ2n) is 11.6. The van der Waals surface area contributed by atoms with Gasteiger partial charge in [-0.2, -0.15) is 0 Å². The first-order valence-corrected chi connectivity index (χ1v) is 13.4. The first kappa shape index (κ1) is 22.8. The molecule has 5 unspecified atom stereocenters. The molecule has 0 amide bonds. The average Bonchev–Trinajstić information content (AvgIpc) is 3.18. The smallest absolute Gasteiger partial charge is 0.156 e. The van der Waals surface area contributed by atoms with Gasteiger partial charge in [-0.3, -0.25) is 4.79 Å². The van der Waals surface area contributed by atoms with Crippen molar-refractivity contribution >= 4 is 11.5 Å². The summed E-state index contributed by atoms with van der Waals surface area (Å²) >= 11 is 0. The third-order valence-electron chi connectivity index (χ3n) is 9.68. The Morgan fingerprint density at radius 1 is 0.971 bits per heavy atom. The molecule has 2 aromatic carbocycles. The normalized spacial score (nSPS) is 32.0. The summed E-state index contributed by atoms with van der Waals surface area (Å²) in [7, 11) is 2.15. The van der Waals surface area contributed by atoms with E-state index in [1.54, 1.807) is 5.57 Å². The van der Waals surface area contributed by atoms with Gasteiger partial charge in [-0.15, -0.1) is 0 Å². The molecule has 0 aliphatic heterocycles. The molecular formula is C32H37NO2. The molecule has 3 nitrogen and oxygen atoms in total. The van der Waals surface area contributed by atoms with Crippen LogP contribution in [0.1, 0.15) is 68.9 Å². The number of benzene rings is 2. The van der Waals surface area contributed by atoms with E-state index in [0.29, 0.717) is 30.0 Å². The van der Waals surface area contributed by atoms with Crippen LogP contribution in [0.25, 0.3) is 0 Å². The van der Waals surface area contributed by atoms with Crippen LogP contribution in [0.2, 0.25) is 0 Å². The predicted molar refractivity (Wildman–Crippen MR) is 141 cm³/mol. The van der Waals surface area contributed by atoms with Crippen molar-refractivity contribution in [2.45, 2.75) is 70.4 Å². The van der Waals surface area contributed by atoms with E-state index in [1.165, 1.54) is 28.0 Å². The molecule has 4 aliphatic carbocycles. The van der Waals surface area contributed by atoms with Gasteiger partial charge in [0.05, 0.1) is 6.10 Å². The summed E-state index contributed by atoms with van der Waals surface area (Å²) < 4.78 is 0. The van der Waals surface area contributed by atoms with Crippen LogP contribution in [0.5, 0.6) is 0 Å². The Bertz CT molecular complexity index is 1180. The molecule has 3 heteroatoms. The number of aliphatic hydroxyl groups excluding tert-OH is 1. The molecule has 6 rings (SSSR count). The lowest BCUT2D eigenvalue weighted by molar-refractivity contribution is -0.114. The Balaban J connectivity index is 1.36. The lowest BCUT2D eigenvalue weighted by atomic mass is 9.53. The van der Waals surface area contributed by atoms with Crippen LogP contribution >= 0.6 is 0 Å². The van der Waals surface area contributed by atoms with Gasteiger partial charge in [0, 0.05) is 31.6 Å². The van der Waals surface area contributed by atoms with Gasteiger partial charge in [-0.25, -0.2) is 0 Å². The summed E-state index contributed by atoms with van der Waals surface area (Å²) in [5.74, 6) is 1.72. The molecule has 2 aromatic rings. The van der Waals surface area contributed by atoms with E-state index in [1.807, 2.05) is 6.08 Å². The fraction of sp³-hybridized carbons (Fsp3) is 0.469. The minimum absolute atomic E-state index is 0.0200. The summed E-state index contributed by atoms with van der Waals surface area (Å²) in [5, 5.41) is 11.1. The molecule has 0 heterocycles. The number of allylic oxidation sites excluding steroid dienone is 4. The Hall–Kier alpha value is -2.65. The van der Waals surface area contributed by atoms with Gasteiger partial charge in [-0.05, 0) is 96.3 Å². The van der Waals surface area contributed by atoms with Crippen molar-refractivity contribution in [2.24, 2.45) is 17.3 Å². The molecular weight excluding hydrogens is 430 g/mol. The Morgan fingerprint density at radius 2 is 1.74 bits per heavy atom.